The topological polar surface area (TPSA) is 62.7 Å². The number of halogens is 1. The van der Waals surface area contributed by atoms with E-state index in [4.69, 9.17) is 11.6 Å². The van der Waals surface area contributed by atoms with E-state index in [0.717, 1.165) is 22.3 Å². The second-order valence-corrected chi connectivity index (χ2v) is 6.16. The second kappa shape index (κ2) is 6.45. The maximum absolute atomic E-state index is 12.2. The van der Waals surface area contributed by atoms with Gasteiger partial charge in [-0.05, 0) is 48.5 Å². The fourth-order valence-electron chi connectivity index (χ4n) is 2.71. The fraction of sp³-hybridized carbons (Fsp3) is 0.0526. The summed E-state index contributed by atoms with van der Waals surface area (Å²) in [5, 5.41) is 4.84. The summed E-state index contributed by atoms with van der Waals surface area (Å²) in [6.45, 7) is 0.433. The van der Waals surface area contributed by atoms with E-state index in [1.54, 1.807) is 18.6 Å². The number of pyridine rings is 1. The highest BCUT2D eigenvalue weighted by Crippen LogP contribution is 2.18. The molecule has 0 atom stereocenters. The lowest BCUT2D eigenvalue weighted by molar-refractivity contribution is 1.05. The Kier molecular flexibility index (Phi) is 3.99. The van der Waals surface area contributed by atoms with E-state index in [1.165, 1.54) is 0 Å². The third-order valence-electron chi connectivity index (χ3n) is 4.04. The Morgan fingerprint density at radius 2 is 1.96 bits per heavy atom. The zero-order valence-electron chi connectivity index (χ0n) is 13.2. The number of hydrogen-bond donors (Lipinski definition) is 2. The SMILES string of the molecule is O=c1[nH]c2ccc(Cl)cc2cc1CNc1ccc(-n2ccnc2)cc1. The van der Waals surface area contributed by atoms with Gasteiger partial charge in [-0.2, -0.15) is 0 Å². The Balaban J connectivity index is 1.54. The molecule has 2 heterocycles. The van der Waals surface area contributed by atoms with Gasteiger partial charge in [-0.15, -0.1) is 0 Å². The monoisotopic (exact) mass is 350 g/mol. The lowest BCUT2D eigenvalue weighted by atomic mass is 10.1. The highest BCUT2D eigenvalue weighted by Gasteiger charge is 2.04. The van der Waals surface area contributed by atoms with Gasteiger partial charge in [-0.25, -0.2) is 4.98 Å². The van der Waals surface area contributed by atoms with Crippen molar-refractivity contribution < 1.29 is 0 Å². The first-order valence-corrected chi connectivity index (χ1v) is 8.20. The minimum absolute atomic E-state index is 0.0997. The zero-order valence-corrected chi connectivity index (χ0v) is 14.0. The van der Waals surface area contributed by atoms with Gasteiger partial charge in [-0.3, -0.25) is 4.79 Å². The number of nitrogens with zero attached hydrogens (tertiary/aromatic N) is 2. The van der Waals surface area contributed by atoms with Crippen LogP contribution in [0.2, 0.25) is 5.02 Å². The number of benzene rings is 2. The van der Waals surface area contributed by atoms with Crippen molar-refractivity contribution in [2.45, 2.75) is 6.54 Å². The number of anilines is 1. The molecule has 0 radical (unpaired) electrons. The summed E-state index contributed by atoms with van der Waals surface area (Å²) in [6, 6.07) is 15.2. The Labute approximate surface area is 148 Å². The van der Waals surface area contributed by atoms with Crippen LogP contribution in [0.4, 0.5) is 5.69 Å². The van der Waals surface area contributed by atoms with Crippen LogP contribution < -0.4 is 10.9 Å². The summed E-state index contributed by atoms with van der Waals surface area (Å²) in [5.41, 5.74) is 3.31. The van der Waals surface area contributed by atoms with Crippen LogP contribution in [0.15, 0.2) is 72.0 Å². The molecular weight excluding hydrogens is 336 g/mol. The highest BCUT2D eigenvalue weighted by atomic mass is 35.5. The minimum Gasteiger partial charge on any atom is -0.381 e. The third kappa shape index (κ3) is 3.27. The highest BCUT2D eigenvalue weighted by molar-refractivity contribution is 6.31. The summed E-state index contributed by atoms with van der Waals surface area (Å²) in [7, 11) is 0. The Morgan fingerprint density at radius 1 is 1.12 bits per heavy atom. The molecule has 0 amide bonds. The number of H-pyrrole nitrogens is 1. The smallest absolute Gasteiger partial charge is 0.253 e. The van der Waals surface area contributed by atoms with Crippen LogP contribution in [0, 0.1) is 0 Å². The van der Waals surface area contributed by atoms with Crippen molar-refractivity contribution in [2.75, 3.05) is 5.32 Å². The van der Waals surface area contributed by atoms with E-state index < -0.39 is 0 Å². The van der Waals surface area contributed by atoms with Gasteiger partial charge in [-0.1, -0.05) is 11.6 Å². The van der Waals surface area contributed by atoms with Crippen molar-refractivity contribution in [3.63, 3.8) is 0 Å². The number of hydrogen-bond acceptors (Lipinski definition) is 3. The summed E-state index contributed by atoms with van der Waals surface area (Å²) in [5.74, 6) is 0. The van der Waals surface area contributed by atoms with E-state index in [0.29, 0.717) is 17.1 Å². The first-order chi connectivity index (χ1) is 12.2. The van der Waals surface area contributed by atoms with E-state index >= 15 is 0 Å². The molecule has 25 heavy (non-hydrogen) atoms. The Bertz CT molecular complexity index is 1070. The first kappa shape index (κ1) is 15.5. The standard InChI is InChI=1S/C19H15ClN4O/c20-15-1-6-18-13(10-15)9-14(19(25)23-18)11-22-16-2-4-17(5-3-16)24-8-7-21-12-24/h1-10,12,22H,11H2,(H,23,25). The summed E-state index contributed by atoms with van der Waals surface area (Å²) in [4.78, 5) is 19.1. The Morgan fingerprint density at radius 3 is 2.72 bits per heavy atom. The maximum atomic E-state index is 12.2. The van der Waals surface area contributed by atoms with Gasteiger partial charge in [0.25, 0.3) is 5.56 Å². The molecule has 2 aromatic carbocycles. The number of aromatic nitrogens is 3. The molecule has 4 aromatic rings. The molecule has 0 saturated carbocycles. The van der Waals surface area contributed by atoms with Crippen LogP contribution in [0.1, 0.15) is 5.56 Å². The van der Waals surface area contributed by atoms with Crippen molar-refractivity contribution >= 4 is 28.2 Å². The number of nitrogens with one attached hydrogen (secondary N) is 2. The minimum atomic E-state index is -0.0997. The largest absolute Gasteiger partial charge is 0.381 e. The van der Waals surface area contributed by atoms with Crippen molar-refractivity contribution in [2.24, 2.45) is 0 Å². The molecule has 0 aliphatic heterocycles. The van der Waals surface area contributed by atoms with Gasteiger partial charge in [0.15, 0.2) is 0 Å². The average molecular weight is 351 g/mol. The second-order valence-electron chi connectivity index (χ2n) is 5.73. The van der Waals surface area contributed by atoms with E-state index in [-0.39, 0.29) is 5.56 Å². The molecule has 0 fully saturated rings. The molecule has 2 aromatic heterocycles. The molecule has 0 aliphatic carbocycles. The van der Waals surface area contributed by atoms with E-state index in [1.807, 2.05) is 53.2 Å². The van der Waals surface area contributed by atoms with Crippen LogP contribution in [0.3, 0.4) is 0 Å². The predicted molar refractivity (Wildman–Crippen MR) is 100 cm³/mol. The van der Waals surface area contributed by atoms with Gasteiger partial charge in [0, 0.05) is 51.8 Å². The molecule has 0 unspecified atom stereocenters. The molecule has 124 valence electrons. The number of rotatable bonds is 4. The molecule has 0 saturated heterocycles. The van der Waals surface area contributed by atoms with Crippen LogP contribution in [-0.2, 0) is 6.54 Å². The van der Waals surface area contributed by atoms with Gasteiger partial charge in [0.2, 0.25) is 0 Å². The van der Waals surface area contributed by atoms with E-state index in [2.05, 4.69) is 15.3 Å². The van der Waals surface area contributed by atoms with Gasteiger partial charge in [0.05, 0.1) is 6.33 Å². The normalized spacial score (nSPS) is 10.9. The van der Waals surface area contributed by atoms with Crippen LogP contribution >= 0.6 is 11.6 Å². The zero-order chi connectivity index (χ0) is 17.2. The van der Waals surface area contributed by atoms with Gasteiger partial charge >= 0.3 is 0 Å². The molecule has 4 rings (SSSR count). The lowest BCUT2D eigenvalue weighted by Gasteiger charge is -2.09. The summed E-state index contributed by atoms with van der Waals surface area (Å²) < 4.78 is 1.93. The average Bonchev–Trinajstić information content (AvgIpc) is 3.15. The molecule has 2 N–H and O–H groups in total. The van der Waals surface area contributed by atoms with Crippen molar-refractivity contribution in [1.82, 2.24) is 14.5 Å². The number of aromatic amines is 1. The van der Waals surface area contributed by atoms with Crippen molar-refractivity contribution in [1.29, 1.82) is 0 Å². The predicted octanol–water partition coefficient (Wildman–Crippen LogP) is 3.98. The van der Waals surface area contributed by atoms with Crippen LogP contribution in [-0.4, -0.2) is 14.5 Å². The summed E-state index contributed by atoms with van der Waals surface area (Å²) >= 11 is 6.03. The van der Waals surface area contributed by atoms with Crippen LogP contribution in [0.5, 0.6) is 0 Å². The van der Waals surface area contributed by atoms with Crippen molar-refractivity contribution in [3.05, 3.63) is 88.2 Å². The van der Waals surface area contributed by atoms with Crippen molar-refractivity contribution in [3.8, 4) is 5.69 Å². The molecule has 0 spiro atoms. The lowest BCUT2D eigenvalue weighted by Crippen LogP contribution is -2.15. The molecular formula is C19H15ClN4O. The van der Waals surface area contributed by atoms with E-state index in [9.17, 15) is 4.79 Å². The van der Waals surface area contributed by atoms with Crippen LogP contribution in [0.25, 0.3) is 16.6 Å². The molecule has 6 heteroatoms. The van der Waals surface area contributed by atoms with Gasteiger partial charge in [0.1, 0.15) is 0 Å². The summed E-state index contributed by atoms with van der Waals surface area (Å²) in [6.07, 6.45) is 5.38. The fourth-order valence-corrected chi connectivity index (χ4v) is 2.90. The molecule has 5 nitrogen and oxygen atoms in total. The third-order valence-corrected chi connectivity index (χ3v) is 4.27. The van der Waals surface area contributed by atoms with Gasteiger partial charge < -0.3 is 14.9 Å². The maximum Gasteiger partial charge on any atom is 0.253 e. The Hall–Kier alpha value is -3.05. The number of imidazole rings is 1. The quantitative estimate of drug-likeness (QED) is 0.585. The first-order valence-electron chi connectivity index (χ1n) is 7.83. The number of fused-ring (bicyclic) bond motifs is 1. The molecule has 0 bridgehead atoms. The molecule has 0 aliphatic rings.